The number of nitrogen functional groups attached to an aromatic ring is 1. The zero-order valence-corrected chi connectivity index (χ0v) is 8.12. The Morgan fingerprint density at radius 2 is 2.12 bits per heavy atom. The van der Waals surface area contributed by atoms with Crippen molar-refractivity contribution in [3.05, 3.63) is 18.0 Å². The second-order valence-corrected chi connectivity index (χ2v) is 3.38. The molecule has 0 saturated carbocycles. The van der Waals surface area contributed by atoms with Crippen molar-refractivity contribution in [3.8, 4) is 5.75 Å². The summed E-state index contributed by atoms with van der Waals surface area (Å²) in [6.45, 7) is 0.728. The zero-order chi connectivity index (χ0) is 11.8. The molecule has 88 valence electrons. The van der Waals surface area contributed by atoms with E-state index in [1.165, 1.54) is 0 Å². The van der Waals surface area contributed by atoms with Gasteiger partial charge in [-0.3, -0.25) is 0 Å². The summed E-state index contributed by atoms with van der Waals surface area (Å²) in [7, 11) is 0. The van der Waals surface area contributed by atoms with Gasteiger partial charge in [0.15, 0.2) is 0 Å². The minimum Gasteiger partial charge on any atom is -0.483 e. The van der Waals surface area contributed by atoms with E-state index in [-0.39, 0.29) is 17.5 Å². The summed E-state index contributed by atoms with van der Waals surface area (Å²) in [5, 5.41) is 0. The molecule has 2 rings (SSSR count). The third-order valence-corrected chi connectivity index (χ3v) is 2.09. The number of alkyl halides is 3. The second-order valence-electron chi connectivity index (χ2n) is 3.38. The molecule has 7 heteroatoms. The predicted molar refractivity (Wildman–Crippen MR) is 48.9 cm³/mol. The highest BCUT2D eigenvalue weighted by atomic mass is 19.4. The van der Waals surface area contributed by atoms with Crippen molar-refractivity contribution >= 4 is 5.69 Å². The number of aromatic nitrogens is 1. The van der Waals surface area contributed by atoms with Crippen molar-refractivity contribution in [3.63, 3.8) is 0 Å². The molecule has 1 aliphatic rings. The molecule has 0 radical (unpaired) electrons. The van der Waals surface area contributed by atoms with E-state index in [0.29, 0.717) is 13.2 Å². The Hall–Kier alpha value is -1.50. The number of rotatable bonds is 2. The molecule has 1 saturated heterocycles. The van der Waals surface area contributed by atoms with Crippen molar-refractivity contribution in [2.24, 2.45) is 0 Å². The number of anilines is 1. The first kappa shape index (κ1) is 11.0. The fourth-order valence-electron chi connectivity index (χ4n) is 1.17. The quantitative estimate of drug-likeness (QED) is 0.841. The largest absolute Gasteiger partial charge is 0.483 e. The number of hydrogen-bond donors (Lipinski definition) is 1. The summed E-state index contributed by atoms with van der Waals surface area (Å²) >= 11 is 0. The topological polar surface area (TPSA) is 57.4 Å². The maximum absolute atomic E-state index is 12.3. The Balaban J connectivity index is 2.21. The Morgan fingerprint density at radius 3 is 2.62 bits per heavy atom. The Bertz CT molecular complexity index is 391. The molecule has 1 aromatic heterocycles. The van der Waals surface area contributed by atoms with Gasteiger partial charge in [-0.05, 0) is 0 Å². The molecular weight excluding hydrogens is 225 g/mol. The van der Waals surface area contributed by atoms with Gasteiger partial charge in [-0.2, -0.15) is 13.2 Å². The van der Waals surface area contributed by atoms with Gasteiger partial charge in [0.05, 0.1) is 25.1 Å². The second kappa shape index (κ2) is 3.82. The normalized spacial score (nSPS) is 16.9. The monoisotopic (exact) mass is 234 g/mol. The summed E-state index contributed by atoms with van der Waals surface area (Å²) < 4.78 is 47.1. The summed E-state index contributed by atoms with van der Waals surface area (Å²) in [6.07, 6.45) is -3.79. The third kappa shape index (κ3) is 2.19. The van der Waals surface area contributed by atoms with Gasteiger partial charge in [0.1, 0.15) is 17.5 Å². The molecule has 0 atom stereocenters. The van der Waals surface area contributed by atoms with Gasteiger partial charge in [-0.25, -0.2) is 4.98 Å². The van der Waals surface area contributed by atoms with Gasteiger partial charge in [-0.1, -0.05) is 0 Å². The van der Waals surface area contributed by atoms with E-state index in [0.717, 1.165) is 12.3 Å². The van der Waals surface area contributed by atoms with Crippen molar-refractivity contribution < 1.29 is 22.6 Å². The SMILES string of the molecule is Nc1cnc(C(F)(F)F)cc1OC1COC1. The summed E-state index contributed by atoms with van der Waals surface area (Å²) in [4.78, 5) is 3.20. The molecule has 0 spiro atoms. The highest BCUT2D eigenvalue weighted by molar-refractivity contribution is 5.51. The number of halogens is 3. The van der Waals surface area contributed by atoms with Crippen LogP contribution in [0.4, 0.5) is 18.9 Å². The molecule has 1 fully saturated rings. The fraction of sp³-hybridized carbons (Fsp3) is 0.444. The molecule has 0 amide bonds. The van der Waals surface area contributed by atoms with Crippen LogP contribution < -0.4 is 10.5 Å². The summed E-state index contributed by atoms with van der Waals surface area (Å²) in [5.74, 6) is -0.00405. The number of nitrogens with zero attached hydrogens (tertiary/aromatic N) is 1. The molecular formula is C9H9F3N2O2. The Morgan fingerprint density at radius 1 is 1.44 bits per heavy atom. The van der Waals surface area contributed by atoms with Gasteiger partial charge in [-0.15, -0.1) is 0 Å². The van der Waals surface area contributed by atoms with Crippen LogP contribution in [0.2, 0.25) is 0 Å². The lowest BCUT2D eigenvalue weighted by Gasteiger charge is -2.27. The summed E-state index contributed by atoms with van der Waals surface area (Å²) in [6, 6.07) is 0.799. The fourth-order valence-corrected chi connectivity index (χ4v) is 1.17. The molecule has 2 N–H and O–H groups in total. The number of pyridine rings is 1. The number of nitrogens with two attached hydrogens (primary N) is 1. The lowest BCUT2D eigenvalue weighted by Crippen LogP contribution is -2.38. The average molecular weight is 234 g/mol. The first-order valence-corrected chi connectivity index (χ1v) is 4.54. The lowest BCUT2D eigenvalue weighted by molar-refractivity contribution is -0.141. The van der Waals surface area contributed by atoms with Crippen molar-refractivity contribution in [1.82, 2.24) is 4.98 Å². The maximum atomic E-state index is 12.3. The van der Waals surface area contributed by atoms with Gasteiger partial charge in [0.25, 0.3) is 0 Å². The van der Waals surface area contributed by atoms with Gasteiger partial charge >= 0.3 is 6.18 Å². The van der Waals surface area contributed by atoms with Gasteiger partial charge < -0.3 is 15.2 Å². The van der Waals surface area contributed by atoms with Gasteiger partial charge in [0.2, 0.25) is 0 Å². The van der Waals surface area contributed by atoms with E-state index in [4.69, 9.17) is 15.2 Å². The molecule has 16 heavy (non-hydrogen) atoms. The highest BCUT2D eigenvalue weighted by Crippen LogP contribution is 2.32. The minimum absolute atomic E-state index is 0.00405. The molecule has 1 aliphatic heterocycles. The molecule has 2 heterocycles. The van der Waals surface area contributed by atoms with Crippen molar-refractivity contribution in [1.29, 1.82) is 0 Å². The van der Waals surface area contributed by atoms with E-state index in [1.54, 1.807) is 0 Å². The van der Waals surface area contributed by atoms with Crippen LogP contribution in [-0.4, -0.2) is 24.3 Å². The molecule has 0 bridgehead atoms. The zero-order valence-electron chi connectivity index (χ0n) is 8.12. The van der Waals surface area contributed by atoms with Crippen molar-refractivity contribution in [2.45, 2.75) is 12.3 Å². The molecule has 4 nitrogen and oxygen atoms in total. The van der Waals surface area contributed by atoms with Gasteiger partial charge in [0, 0.05) is 6.07 Å². The summed E-state index contributed by atoms with van der Waals surface area (Å²) in [5.41, 5.74) is 4.53. The molecule has 0 unspecified atom stereocenters. The molecule has 1 aromatic rings. The van der Waals surface area contributed by atoms with E-state index >= 15 is 0 Å². The first-order valence-electron chi connectivity index (χ1n) is 4.54. The Kier molecular flexibility index (Phi) is 2.63. The van der Waals surface area contributed by atoms with Crippen LogP contribution in [0.3, 0.4) is 0 Å². The van der Waals surface area contributed by atoms with E-state index < -0.39 is 11.9 Å². The third-order valence-electron chi connectivity index (χ3n) is 2.09. The number of hydrogen-bond acceptors (Lipinski definition) is 4. The Labute approximate surface area is 89.2 Å². The predicted octanol–water partition coefficient (Wildman–Crippen LogP) is 1.46. The highest BCUT2D eigenvalue weighted by Gasteiger charge is 2.33. The number of ether oxygens (including phenoxy) is 2. The van der Waals surface area contributed by atoms with Crippen LogP contribution in [0.1, 0.15) is 5.69 Å². The van der Waals surface area contributed by atoms with E-state index in [9.17, 15) is 13.2 Å². The minimum atomic E-state index is -4.50. The van der Waals surface area contributed by atoms with Crippen LogP contribution in [0.15, 0.2) is 12.3 Å². The van der Waals surface area contributed by atoms with Crippen LogP contribution in [0, 0.1) is 0 Å². The lowest BCUT2D eigenvalue weighted by atomic mass is 10.2. The van der Waals surface area contributed by atoms with Crippen LogP contribution in [0.5, 0.6) is 5.75 Å². The van der Waals surface area contributed by atoms with Crippen LogP contribution in [-0.2, 0) is 10.9 Å². The average Bonchev–Trinajstić information content (AvgIpc) is 2.11. The maximum Gasteiger partial charge on any atom is 0.433 e. The standard InChI is InChI=1S/C9H9F3N2O2/c10-9(11,12)8-1-7(6(13)2-14-8)16-5-3-15-4-5/h1-2,5H,3-4,13H2. The smallest absolute Gasteiger partial charge is 0.433 e. The molecule has 0 aliphatic carbocycles. The first-order chi connectivity index (χ1) is 7.47. The van der Waals surface area contributed by atoms with Crippen molar-refractivity contribution in [2.75, 3.05) is 18.9 Å². The van der Waals surface area contributed by atoms with Crippen LogP contribution in [0.25, 0.3) is 0 Å². The molecule has 0 aromatic carbocycles. The van der Waals surface area contributed by atoms with E-state index in [2.05, 4.69) is 4.98 Å². The van der Waals surface area contributed by atoms with Crippen LogP contribution >= 0.6 is 0 Å². The van der Waals surface area contributed by atoms with E-state index in [1.807, 2.05) is 0 Å².